The first kappa shape index (κ1) is 16.8. The van der Waals surface area contributed by atoms with Crippen LogP contribution in [0.4, 0.5) is 0 Å². The Labute approximate surface area is 92.8 Å². The fourth-order valence-electron chi connectivity index (χ4n) is 0.718. The fourth-order valence-corrected chi connectivity index (χ4v) is 0.718. The summed E-state index contributed by atoms with van der Waals surface area (Å²) in [6, 6.07) is 0. The molecule has 0 amide bonds. The Balaban J connectivity index is 0. The SMILES string of the molecule is C=CC=CCC.CCC(CO)(CO)CO. The zero-order valence-electron chi connectivity index (χ0n) is 9.82. The van der Waals surface area contributed by atoms with Crippen LogP contribution in [0.1, 0.15) is 26.7 Å². The van der Waals surface area contributed by atoms with Crippen molar-refractivity contribution in [2.75, 3.05) is 19.8 Å². The molecule has 0 fully saturated rings. The van der Waals surface area contributed by atoms with Crippen LogP contribution in [0, 0.1) is 5.41 Å². The van der Waals surface area contributed by atoms with Crippen LogP contribution in [0.25, 0.3) is 0 Å². The molecule has 0 aromatic carbocycles. The van der Waals surface area contributed by atoms with Crippen molar-refractivity contribution in [3.63, 3.8) is 0 Å². The molecule has 0 saturated heterocycles. The number of rotatable bonds is 6. The normalized spacial score (nSPS) is 11.0. The molecule has 0 aromatic heterocycles. The van der Waals surface area contributed by atoms with Crippen LogP contribution < -0.4 is 0 Å². The molecule has 15 heavy (non-hydrogen) atoms. The first-order valence-electron chi connectivity index (χ1n) is 5.26. The van der Waals surface area contributed by atoms with E-state index in [1.54, 1.807) is 6.08 Å². The van der Waals surface area contributed by atoms with E-state index in [0.29, 0.717) is 6.42 Å². The third kappa shape index (κ3) is 8.36. The summed E-state index contributed by atoms with van der Waals surface area (Å²) in [6.07, 6.45) is 7.49. The number of aliphatic hydroxyl groups is 3. The molecule has 90 valence electrons. The van der Waals surface area contributed by atoms with Crippen LogP contribution in [-0.4, -0.2) is 35.1 Å². The van der Waals surface area contributed by atoms with Crippen molar-refractivity contribution in [1.29, 1.82) is 0 Å². The molecule has 0 rings (SSSR count). The van der Waals surface area contributed by atoms with Crippen LogP contribution in [0.15, 0.2) is 24.8 Å². The van der Waals surface area contributed by atoms with Crippen LogP contribution >= 0.6 is 0 Å². The molecular weight excluding hydrogens is 192 g/mol. The Morgan fingerprint density at radius 3 is 1.60 bits per heavy atom. The highest BCUT2D eigenvalue weighted by atomic mass is 16.3. The highest BCUT2D eigenvalue weighted by Crippen LogP contribution is 2.18. The molecule has 0 aliphatic carbocycles. The second-order valence-corrected chi connectivity index (χ2v) is 3.40. The van der Waals surface area contributed by atoms with E-state index in [9.17, 15) is 0 Å². The first-order chi connectivity index (χ1) is 7.16. The largest absolute Gasteiger partial charge is 0.396 e. The van der Waals surface area contributed by atoms with Crippen LogP contribution in [-0.2, 0) is 0 Å². The second-order valence-electron chi connectivity index (χ2n) is 3.40. The minimum absolute atomic E-state index is 0.156. The summed E-state index contributed by atoms with van der Waals surface area (Å²) < 4.78 is 0. The monoisotopic (exact) mass is 216 g/mol. The van der Waals surface area contributed by atoms with Crippen molar-refractivity contribution in [2.24, 2.45) is 5.41 Å². The lowest BCUT2D eigenvalue weighted by Crippen LogP contribution is -2.32. The van der Waals surface area contributed by atoms with E-state index in [-0.39, 0.29) is 19.8 Å². The van der Waals surface area contributed by atoms with E-state index in [2.05, 4.69) is 19.6 Å². The molecule has 0 heterocycles. The molecule has 0 bridgehead atoms. The quantitative estimate of drug-likeness (QED) is 0.590. The molecule has 0 saturated carbocycles. The predicted molar refractivity (Wildman–Crippen MR) is 63.6 cm³/mol. The van der Waals surface area contributed by atoms with Gasteiger partial charge in [-0.15, -0.1) is 0 Å². The van der Waals surface area contributed by atoms with Gasteiger partial charge in [0.2, 0.25) is 0 Å². The molecule has 3 nitrogen and oxygen atoms in total. The Morgan fingerprint density at radius 2 is 1.53 bits per heavy atom. The Kier molecular flexibility index (Phi) is 12.8. The van der Waals surface area contributed by atoms with Gasteiger partial charge in [0.1, 0.15) is 0 Å². The zero-order valence-corrected chi connectivity index (χ0v) is 9.82. The van der Waals surface area contributed by atoms with E-state index in [4.69, 9.17) is 15.3 Å². The van der Waals surface area contributed by atoms with E-state index < -0.39 is 5.41 Å². The summed E-state index contributed by atoms with van der Waals surface area (Å²) in [5.41, 5.74) is -0.667. The van der Waals surface area contributed by atoms with Gasteiger partial charge >= 0.3 is 0 Å². The van der Waals surface area contributed by atoms with E-state index in [0.717, 1.165) is 6.42 Å². The van der Waals surface area contributed by atoms with Gasteiger partial charge < -0.3 is 15.3 Å². The van der Waals surface area contributed by atoms with Crippen molar-refractivity contribution in [2.45, 2.75) is 26.7 Å². The van der Waals surface area contributed by atoms with Gasteiger partial charge in [-0.2, -0.15) is 0 Å². The lowest BCUT2D eigenvalue weighted by Gasteiger charge is -2.24. The zero-order chi connectivity index (χ0) is 12.2. The summed E-state index contributed by atoms with van der Waals surface area (Å²) in [6.45, 7) is 6.96. The van der Waals surface area contributed by atoms with Gasteiger partial charge in [-0.25, -0.2) is 0 Å². The van der Waals surface area contributed by atoms with Crippen molar-refractivity contribution < 1.29 is 15.3 Å². The molecule has 0 aromatic rings. The minimum atomic E-state index is -0.667. The number of allylic oxidation sites excluding steroid dienone is 3. The maximum atomic E-state index is 8.66. The van der Waals surface area contributed by atoms with Crippen molar-refractivity contribution >= 4 is 0 Å². The van der Waals surface area contributed by atoms with Gasteiger partial charge in [-0.3, -0.25) is 0 Å². The number of hydrogen-bond donors (Lipinski definition) is 3. The van der Waals surface area contributed by atoms with Gasteiger partial charge in [0.05, 0.1) is 19.8 Å². The number of hydrogen-bond acceptors (Lipinski definition) is 3. The van der Waals surface area contributed by atoms with Crippen LogP contribution in [0.3, 0.4) is 0 Å². The molecular formula is C12H24O3. The second kappa shape index (κ2) is 11.4. The smallest absolute Gasteiger partial charge is 0.0531 e. The van der Waals surface area contributed by atoms with Crippen molar-refractivity contribution in [1.82, 2.24) is 0 Å². The number of aliphatic hydroxyl groups excluding tert-OH is 3. The molecule has 0 spiro atoms. The molecule has 0 unspecified atom stereocenters. The topological polar surface area (TPSA) is 60.7 Å². The summed E-state index contributed by atoms with van der Waals surface area (Å²) in [5.74, 6) is 0. The van der Waals surface area contributed by atoms with Gasteiger partial charge in [0.25, 0.3) is 0 Å². The summed E-state index contributed by atoms with van der Waals surface area (Å²) in [4.78, 5) is 0. The maximum Gasteiger partial charge on any atom is 0.0531 e. The van der Waals surface area contributed by atoms with E-state index in [1.165, 1.54) is 0 Å². The minimum Gasteiger partial charge on any atom is -0.396 e. The molecule has 0 aliphatic heterocycles. The molecule has 3 N–H and O–H groups in total. The first-order valence-corrected chi connectivity index (χ1v) is 5.26. The third-order valence-corrected chi connectivity index (χ3v) is 2.26. The van der Waals surface area contributed by atoms with Crippen LogP contribution in [0.5, 0.6) is 0 Å². The molecule has 0 atom stereocenters. The van der Waals surface area contributed by atoms with E-state index in [1.807, 2.05) is 13.0 Å². The van der Waals surface area contributed by atoms with Crippen molar-refractivity contribution in [3.8, 4) is 0 Å². The lowest BCUT2D eigenvalue weighted by molar-refractivity contribution is 0.00304. The lowest BCUT2D eigenvalue weighted by atomic mass is 9.88. The highest BCUT2D eigenvalue weighted by Gasteiger charge is 2.24. The summed E-state index contributed by atoms with van der Waals surface area (Å²) in [7, 11) is 0. The van der Waals surface area contributed by atoms with Gasteiger partial charge in [-0.05, 0) is 12.8 Å². The Bertz CT molecular complexity index is 143. The molecule has 0 aliphatic rings. The van der Waals surface area contributed by atoms with E-state index >= 15 is 0 Å². The average Bonchev–Trinajstić information content (AvgIpc) is 2.31. The predicted octanol–water partition coefficient (Wildman–Crippen LogP) is 1.50. The van der Waals surface area contributed by atoms with Crippen LogP contribution in [0.2, 0.25) is 0 Å². The van der Waals surface area contributed by atoms with Gasteiger partial charge in [0, 0.05) is 5.41 Å². The standard InChI is InChI=1S/C6H14O3.C6H10/c1-2-6(3-7,4-8)5-9;1-3-5-6-4-2/h7-9H,2-5H2,1H3;3,5-6H,1,4H2,2H3. The highest BCUT2D eigenvalue weighted by molar-refractivity contribution is 4.96. The Morgan fingerprint density at radius 1 is 1.07 bits per heavy atom. The van der Waals surface area contributed by atoms with Gasteiger partial charge in [-0.1, -0.05) is 38.7 Å². The summed E-state index contributed by atoms with van der Waals surface area (Å²) in [5, 5.41) is 26.0. The fraction of sp³-hybridized carbons (Fsp3) is 0.667. The van der Waals surface area contributed by atoms with Crippen molar-refractivity contribution in [3.05, 3.63) is 24.8 Å². The molecule has 3 heteroatoms. The average molecular weight is 216 g/mol. The summed E-state index contributed by atoms with van der Waals surface area (Å²) >= 11 is 0. The molecule has 0 radical (unpaired) electrons. The Hall–Kier alpha value is -0.640. The van der Waals surface area contributed by atoms with Gasteiger partial charge in [0.15, 0.2) is 0 Å². The maximum absolute atomic E-state index is 8.66. The third-order valence-electron chi connectivity index (χ3n) is 2.26.